The summed E-state index contributed by atoms with van der Waals surface area (Å²) in [5, 5.41) is 0. The topological polar surface area (TPSA) is 54.0 Å². The first kappa shape index (κ1) is 33.4. The van der Waals surface area contributed by atoms with Gasteiger partial charge in [0.25, 0.3) is 0 Å². The van der Waals surface area contributed by atoms with Crippen molar-refractivity contribution in [2.75, 3.05) is 46.2 Å². The maximum absolute atomic E-state index is 11.7. The van der Waals surface area contributed by atoms with Gasteiger partial charge < -0.3 is 18.9 Å². The SMILES string of the molecule is CCCCCCCCCCCCOCCOCCOCCCC(=O)OCCCCCCCCC. The summed E-state index contributed by atoms with van der Waals surface area (Å²) in [7, 11) is 0. The Kier molecular flexibility index (Phi) is 29.8. The smallest absolute Gasteiger partial charge is 0.305 e. The minimum absolute atomic E-state index is 0.106. The van der Waals surface area contributed by atoms with Crippen LogP contribution in [0.1, 0.15) is 136 Å². The molecule has 0 N–H and O–H groups in total. The van der Waals surface area contributed by atoms with Gasteiger partial charge in [0.15, 0.2) is 0 Å². The van der Waals surface area contributed by atoms with E-state index in [2.05, 4.69) is 13.8 Å². The summed E-state index contributed by atoms with van der Waals surface area (Å²) in [6, 6.07) is 0. The summed E-state index contributed by atoms with van der Waals surface area (Å²) >= 11 is 0. The first-order chi connectivity index (χ1) is 16.8. The monoisotopic (exact) mass is 486 g/mol. The van der Waals surface area contributed by atoms with E-state index in [0.717, 1.165) is 25.9 Å². The molecule has 0 aliphatic heterocycles. The molecule has 0 aliphatic rings. The summed E-state index contributed by atoms with van der Waals surface area (Å²) < 4.78 is 22.0. The number of esters is 1. The van der Waals surface area contributed by atoms with Crippen LogP contribution in [0, 0.1) is 0 Å². The highest BCUT2D eigenvalue weighted by atomic mass is 16.5. The lowest BCUT2D eigenvalue weighted by molar-refractivity contribution is -0.144. The van der Waals surface area contributed by atoms with Crippen LogP contribution in [-0.2, 0) is 23.7 Å². The van der Waals surface area contributed by atoms with Gasteiger partial charge in [0.2, 0.25) is 0 Å². The normalized spacial score (nSPS) is 11.2. The third-order valence-corrected chi connectivity index (χ3v) is 6.07. The van der Waals surface area contributed by atoms with Crippen LogP contribution in [0.3, 0.4) is 0 Å². The Morgan fingerprint density at radius 3 is 1.24 bits per heavy atom. The van der Waals surface area contributed by atoms with Gasteiger partial charge in [-0.05, 0) is 19.3 Å². The quantitative estimate of drug-likeness (QED) is 0.0791. The fourth-order valence-corrected chi connectivity index (χ4v) is 3.87. The van der Waals surface area contributed by atoms with Gasteiger partial charge in [-0.2, -0.15) is 0 Å². The molecule has 0 radical (unpaired) electrons. The number of hydrogen-bond donors (Lipinski definition) is 0. The van der Waals surface area contributed by atoms with Crippen LogP contribution < -0.4 is 0 Å². The van der Waals surface area contributed by atoms with Crippen molar-refractivity contribution >= 4 is 5.97 Å². The first-order valence-corrected chi connectivity index (χ1v) is 14.7. The van der Waals surface area contributed by atoms with Crippen LogP contribution in [0.15, 0.2) is 0 Å². The molecule has 0 atom stereocenters. The van der Waals surface area contributed by atoms with Gasteiger partial charge in [0.1, 0.15) is 0 Å². The summed E-state index contributed by atoms with van der Waals surface area (Å²) in [6.45, 7) is 8.88. The second-order valence-electron chi connectivity index (χ2n) is 9.46. The second-order valence-corrected chi connectivity index (χ2v) is 9.46. The fraction of sp³-hybridized carbons (Fsp3) is 0.966. The molecule has 0 unspecified atom stereocenters. The van der Waals surface area contributed by atoms with Gasteiger partial charge in [-0.1, -0.05) is 110 Å². The molecule has 5 heteroatoms. The van der Waals surface area contributed by atoms with E-state index in [-0.39, 0.29) is 5.97 Å². The number of carbonyl (C=O) groups excluding carboxylic acids is 1. The average Bonchev–Trinajstić information content (AvgIpc) is 2.84. The lowest BCUT2D eigenvalue weighted by Gasteiger charge is -2.07. The Balaban J connectivity index is 3.11. The summed E-state index contributed by atoms with van der Waals surface area (Å²) in [5.74, 6) is -0.106. The third kappa shape index (κ3) is 29.4. The van der Waals surface area contributed by atoms with E-state index in [1.54, 1.807) is 0 Å². The van der Waals surface area contributed by atoms with Gasteiger partial charge >= 0.3 is 5.97 Å². The Bertz CT molecular complexity index is 389. The highest BCUT2D eigenvalue weighted by Gasteiger charge is 2.02. The third-order valence-electron chi connectivity index (χ3n) is 6.07. The molecule has 5 nitrogen and oxygen atoms in total. The van der Waals surface area contributed by atoms with E-state index in [9.17, 15) is 4.79 Å². The second kappa shape index (κ2) is 30.4. The molecule has 0 spiro atoms. The largest absolute Gasteiger partial charge is 0.466 e. The number of rotatable bonds is 29. The zero-order valence-corrected chi connectivity index (χ0v) is 22.9. The van der Waals surface area contributed by atoms with Gasteiger partial charge in [-0.25, -0.2) is 0 Å². The Morgan fingerprint density at radius 2 is 0.765 bits per heavy atom. The summed E-state index contributed by atoms with van der Waals surface area (Å²) in [5.41, 5.74) is 0. The van der Waals surface area contributed by atoms with Crippen LogP contribution in [0.25, 0.3) is 0 Å². The van der Waals surface area contributed by atoms with Crippen molar-refractivity contribution in [3.63, 3.8) is 0 Å². The van der Waals surface area contributed by atoms with Gasteiger partial charge in [-0.15, -0.1) is 0 Å². The van der Waals surface area contributed by atoms with Gasteiger partial charge in [-0.3, -0.25) is 4.79 Å². The molecule has 204 valence electrons. The molecule has 0 bridgehead atoms. The van der Waals surface area contributed by atoms with Crippen LogP contribution in [-0.4, -0.2) is 52.2 Å². The van der Waals surface area contributed by atoms with E-state index in [0.29, 0.717) is 52.5 Å². The standard InChI is InChI=1S/C29H58O5/c1-3-5-7-9-11-12-13-15-16-18-22-31-25-27-33-28-26-32-23-20-21-29(30)34-24-19-17-14-10-8-6-4-2/h3-28H2,1-2H3. The van der Waals surface area contributed by atoms with Crippen molar-refractivity contribution in [1.82, 2.24) is 0 Å². The minimum Gasteiger partial charge on any atom is -0.466 e. The first-order valence-electron chi connectivity index (χ1n) is 14.7. The summed E-state index contributed by atoms with van der Waals surface area (Å²) in [6.07, 6.45) is 23.2. The molecule has 0 saturated carbocycles. The van der Waals surface area contributed by atoms with E-state index in [4.69, 9.17) is 18.9 Å². The highest BCUT2D eigenvalue weighted by Crippen LogP contribution is 2.10. The summed E-state index contributed by atoms with van der Waals surface area (Å²) in [4.78, 5) is 11.7. The van der Waals surface area contributed by atoms with Gasteiger partial charge in [0, 0.05) is 19.6 Å². The molecule has 0 heterocycles. The lowest BCUT2D eigenvalue weighted by atomic mass is 10.1. The molecule has 0 aromatic rings. The fourth-order valence-electron chi connectivity index (χ4n) is 3.87. The predicted octanol–water partition coefficient (Wildman–Crippen LogP) is 8.03. The zero-order valence-electron chi connectivity index (χ0n) is 22.9. The van der Waals surface area contributed by atoms with Crippen LogP contribution in [0.5, 0.6) is 0 Å². The zero-order chi connectivity index (χ0) is 24.8. The van der Waals surface area contributed by atoms with Crippen molar-refractivity contribution < 1.29 is 23.7 Å². The maximum Gasteiger partial charge on any atom is 0.305 e. The Morgan fingerprint density at radius 1 is 0.412 bits per heavy atom. The lowest BCUT2D eigenvalue weighted by Crippen LogP contribution is -2.11. The van der Waals surface area contributed by atoms with Crippen LogP contribution >= 0.6 is 0 Å². The van der Waals surface area contributed by atoms with Crippen molar-refractivity contribution in [1.29, 1.82) is 0 Å². The Labute approximate surface area is 212 Å². The van der Waals surface area contributed by atoms with Crippen molar-refractivity contribution in [2.24, 2.45) is 0 Å². The minimum atomic E-state index is -0.106. The number of ether oxygens (including phenoxy) is 4. The molecule has 0 aromatic carbocycles. The van der Waals surface area contributed by atoms with Gasteiger partial charge in [0.05, 0.1) is 33.0 Å². The van der Waals surface area contributed by atoms with E-state index >= 15 is 0 Å². The molecule has 34 heavy (non-hydrogen) atoms. The van der Waals surface area contributed by atoms with Crippen molar-refractivity contribution in [3.05, 3.63) is 0 Å². The number of carbonyl (C=O) groups is 1. The molecule has 0 saturated heterocycles. The van der Waals surface area contributed by atoms with E-state index in [1.807, 2.05) is 0 Å². The molecule has 0 aliphatic carbocycles. The molecule has 0 aromatic heterocycles. The molecule has 0 amide bonds. The van der Waals surface area contributed by atoms with E-state index < -0.39 is 0 Å². The van der Waals surface area contributed by atoms with Crippen LogP contribution in [0.2, 0.25) is 0 Å². The van der Waals surface area contributed by atoms with Crippen molar-refractivity contribution in [2.45, 2.75) is 136 Å². The Hall–Kier alpha value is -0.650. The van der Waals surface area contributed by atoms with Crippen LogP contribution in [0.4, 0.5) is 0 Å². The maximum atomic E-state index is 11.7. The highest BCUT2D eigenvalue weighted by molar-refractivity contribution is 5.69. The molecular formula is C29H58O5. The molecular weight excluding hydrogens is 428 g/mol. The molecule has 0 rings (SSSR count). The van der Waals surface area contributed by atoms with Crippen molar-refractivity contribution in [3.8, 4) is 0 Å². The van der Waals surface area contributed by atoms with E-state index in [1.165, 1.54) is 89.9 Å². The molecule has 0 fully saturated rings. The predicted molar refractivity (Wildman–Crippen MR) is 142 cm³/mol. The number of hydrogen-bond acceptors (Lipinski definition) is 5. The average molecular weight is 487 g/mol. The number of unbranched alkanes of at least 4 members (excludes halogenated alkanes) is 15.